The average Bonchev–Trinajstić information content (AvgIpc) is 2.62. The Bertz CT molecular complexity index is 1040. The fourth-order valence-electron chi connectivity index (χ4n) is 2.69. The molecule has 0 saturated carbocycles. The minimum absolute atomic E-state index is 0.00278. The van der Waals surface area contributed by atoms with E-state index in [9.17, 15) is 18.0 Å². The predicted octanol–water partition coefficient (Wildman–Crippen LogP) is 1.46. The van der Waals surface area contributed by atoms with Crippen molar-refractivity contribution in [3.63, 3.8) is 0 Å². The van der Waals surface area contributed by atoms with Gasteiger partial charge in [-0.15, -0.1) is 0 Å². The first kappa shape index (κ1) is 23.5. The lowest BCUT2D eigenvalue weighted by atomic mass is 10.2. The Hall–Kier alpha value is -2.82. The lowest BCUT2D eigenvalue weighted by Gasteiger charge is -2.17. The number of carbonyl (C=O) groups excluding carboxylic acids is 2. The molecule has 1 heterocycles. The van der Waals surface area contributed by atoms with Gasteiger partial charge in [-0.25, -0.2) is 17.7 Å². The van der Waals surface area contributed by atoms with E-state index in [1.165, 1.54) is 20.2 Å². The second-order valence-electron chi connectivity index (χ2n) is 7.20. The summed E-state index contributed by atoms with van der Waals surface area (Å²) >= 11 is 0. The molecule has 0 aliphatic rings. The molecule has 0 spiro atoms. The van der Waals surface area contributed by atoms with Crippen molar-refractivity contribution in [3.8, 4) is 0 Å². The van der Waals surface area contributed by atoms with E-state index in [-0.39, 0.29) is 29.8 Å². The van der Waals surface area contributed by atoms with Crippen molar-refractivity contribution in [3.05, 3.63) is 47.7 Å². The maximum Gasteiger partial charge on any atom is 0.242 e. The number of hydrogen-bond acceptors (Lipinski definition) is 6. The van der Waals surface area contributed by atoms with Gasteiger partial charge in [-0.3, -0.25) is 14.5 Å². The third-order valence-corrected chi connectivity index (χ3v) is 6.17. The van der Waals surface area contributed by atoms with Crippen LogP contribution in [-0.2, 0) is 19.6 Å². The summed E-state index contributed by atoms with van der Waals surface area (Å²) in [5.41, 5.74) is 1.74. The highest BCUT2D eigenvalue weighted by Crippen LogP contribution is 2.22. The Morgan fingerprint density at radius 1 is 0.967 bits per heavy atom. The Labute approximate surface area is 177 Å². The number of aromatic nitrogens is 1. The maximum absolute atomic E-state index is 12.4. The van der Waals surface area contributed by atoms with Crippen LogP contribution < -0.4 is 10.6 Å². The molecule has 0 unspecified atom stereocenters. The van der Waals surface area contributed by atoms with E-state index in [1.807, 2.05) is 13.0 Å². The van der Waals surface area contributed by atoms with Crippen molar-refractivity contribution in [2.75, 3.05) is 44.9 Å². The first-order chi connectivity index (χ1) is 14.0. The molecule has 9 nitrogen and oxygen atoms in total. The van der Waals surface area contributed by atoms with Gasteiger partial charge < -0.3 is 10.6 Å². The van der Waals surface area contributed by atoms with Crippen molar-refractivity contribution in [2.45, 2.75) is 18.7 Å². The van der Waals surface area contributed by atoms with Gasteiger partial charge >= 0.3 is 0 Å². The first-order valence-corrected chi connectivity index (χ1v) is 10.7. The summed E-state index contributed by atoms with van der Waals surface area (Å²) < 4.78 is 26.0. The van der Waals surface area contributed by atoms with Gasteiger partial charge in [0.2, 0.25) is 21.8 Å². The predicted molar refractivity (Wildman–Crippen MR) is 116 cm³/mol. The molecular weight excluding hydrogens is 406 g/mol. The molecule has 0 bridgehead atoms. The number of carbonyl (C=O) groups is 2. The zero-order valence-electron chi connectivity index (χ0n) is 17.8. The van der Waals surface area contributed by atoms with Crippen LogP contribution >= 0.6 is 0 Å². The fourth-order valence-corrected chi connectivity index (χ4v) is 3.84. The summed E-state index contributed by atoms with van der Waals surface area (Å²) in [4.78, 5) is 30.3. The average molecular weight is 434 g/mol. The standard InChI is InChI=1S/C20H27N5O4S/c1-14-9-10-16(11-17(14)30(28,29)24(3)4)22-19(26)12-25(5)13-20(27)23-18-8-6-7-15(2)21-18/h6-11H,12-13H2,1-5H3,(H,22,26)(H,21,23,27). The van der Waals surface area contributed by atoms with Crippen molar-refractivity contribution < 1.29 is 18.0 Å². The van der Waals surface area contributed by atoms with Gasteiger partial charge in [0.25, 0.3) is 0 Å². The Morgan fingerprint density at radius 3 is 2.20 bits per heavy atom. The number of sulfonamides is 1. The summed E-state index contributed by atoms with van der Waals surface area (Å²) in [5.74, 6) is -0.207. The molecule has 1 aromatic heterocycles. The molecule has 0 fully saturated rings. The molecule has 1 aromatic carbocycles. The molecule has 0 radical (unpaired) electrons. The highest BCUT2D eigenvalue weighted by Gasteiger charge is 2.20. The van der Waals surface area contributed by atoms with Crippen LogP contribution in [0.25, 0.3) is 0 Å². The van der Waals surface area contributed by atoms with Crippen molar-refractivity contribution in [1.82, 2.24) is 14.2 Å². The van der Waals surface area contributed by atoms with E-state index in [0.717, 1.165) is 10.00 Å². The number of anilines is 2. The number of rotatable bonds is 8. The van der Waals surface area contributed by atoms with Crippen LogP contribution in [0.4, 0.5) is 11.5 Å². The van der Waals surface area contributed by atoms with Crippen LogP contribution in [0.1, 0.15) is 11.3 Å². The molecule has 0 atom stereocenters. The highest BCUT2D eigenvalue weighted by atomic mass is 32.2. The number of amides is 2. The number of benzene rings is 1. The van der Waals surface area contributed by atoms with E-state index >= 15 is 0 Å². The van der Waals surface area contributed by atoms with Gasteiger partial charge in [0, 0.05) is 25.5 Å². The largest absolute Gasteiger partial charge is 0.325 e. The van der Waals surface area contributed by atoms with Crippen molar-refractivity contribution in [2.24, 2.45) is 0 Å². The lowest BCUT2D eigenvalue weighted by Crippen LogP contribution is -2.36. The number of nitrogens with zero attached hydrogens (tertiary/aromatic N) is 3. The SMILES string of the molecule is Cc1cccc(NC(=O)CN(C)CC(=O)Nc2ccc(C)c(S(=O)(=O)N(C)C)c2)n1. The summed E-state index contributed by atoms with van der Waals surface area (Å²) in [5, 5.41) is 5.36. The van der Waals surface area contributed by atoms with Crippen molar-refractivity contribution >= 4 is 33.3 Å². The lowest BCUT2D eigenvalue weighted by molar-refractivity contribution is -0.119. The molecule has 2 N–H and O–H groups in total. The van der Waals surface area contributed by atoms with Crippen LogP contribution in [0.2, 0.25) is 0 Å². The summed E-state index contributed by atoms with van der Waals surface area (Å²) in [6.07, 6.45) is 0. The molecule has 0 saturated heterocycles. The maximum atomic E-state index is 12.4. The highest BCUT2D eigenvalue weighted by molar-refractivity contribution is 7.89. The van der Waals surface area contributed by atoms with E-state index in [0.29, 0.717) is 17.1 Å². The van der Waals surface area contributed by atoms with Gasteiger partial charge in [0.05, 0.1) is 18.0 Å². The fraction of sp³-hybridized carbons (Fsp3) is 0.350. The monoisotopic (exact) mass is 433 g/mol. The number of likely N-dealkylation sites (N-methyl/N-ethyl adjacent to an activating group) is 1. The molecule has 0 aliphatic carbocycles. The summed E-state index contributed by atoms with van der Waals surface area (Å²) in [6, 6.07) is 10.0. The zero-order chi connectivity index (χ0) is 22.5. The van der Waals surface area contributed by atoms with E-state index in [1.54, 1.807) is 43.1 Å². The number of aryl methyl sites for hydroxylation is 2. The molecular formula is C20H27N5O4S. The van der Waals surface area contributed by atoms with Gasteiger partial charge in [0.1, 0.15) is 5.82 Å². The molecule has 30 heavy (non-hydrogen) atoms. The molecule has 0 aliphatic heterocycles. The smallest absolute Gasteiger partial charge is 0.242 e. The van der Waals surface area contributed by atoms with E-state index in [4.69, 9.17) is 0 Å². The molecule has 162 valence electrons. The second kappa shape index (κ2) is 9.79. The number of hydrogen-bond donors (Lipinski definition) is 2. The third-order valence-electron chi connectivity index (χ3n) is 4.21. The summed E-state index contributed by atoms with van der Waals surface area (Å²) in [6.45, 7) is 3.47. The second-order valence-corrected chi connectivity index (χ2v) is 9.32. The van der Waals surface area contributed by atoms with Gasteiger partial charge in [-0.1, -0.05) is 12.1 Å². The third kappa shape index (κ3) is 6.34. The zero-order valence-corrected chi connectivity index (χ0v) is 18.6. The van der Waals surface area contributed by atoms with Crippen molar-refractivity contribution in [1.29, 1.82) is 0 Å². The normalized spacial score (nSPS) is 11.6. The number of nitrogens with one attached hydrogen (secondary N) is 2. The molecule has 2 aromatic rings. The Balaban J connectivity index is 1.96. The van der Waals surface area contributed by atoms with Gasteiger partial charge in [0.15, 0.2) is 0 Å². The van der Waals surface area contributed by atoms with E-state index < -0.39 is 10.0 Å². The summed E-state index contributed by atoms with van der Waals surface area (Å²) in [7, 11) is 0.915. The quantitative estimate of drug-likeness (QED) is 0.652. The van der Waals surface area contributed by atoms with Crippen LogP contribution in [0, 0.1) is 13.8 Å². The minimum Gasteiger partial charge on any atom is -0.325 e. The van der Waals surface area contributed by atoms with Crippen LogP contribution in [0.5, 0.6) is 0 Å². The minimum atomic E-state index is -3.62. The Morgan fingerprint density at radius 2 is 1.60 bits per heavy atom. The van der Waals surface area contributed by atoms with Gasteiger partial charge in [-0.2, -0.15) is 0 Å². The molecule has 10 heteroatoms. The molecule has 2 amide bonds. The van der Waals surface area contributed by atoms with E-state index in [2.05, 4.69) is 15.6 Å². The van der Waals surface area contributed by atoms with Crippen LogP contribution in [-0.4, -0.2) is 68.7 Å². The van der Waals surface area contributed by atoms with Crippen LogP contribution in [0.3, 0.4) is 0 Å². The molecule has 2 rings (SSSR count). The number of pyridine rings is 1. The van der Waals surface area contributed by atoms with Crippen LogP contribution in [0.15, 0.2) is 41.3 Å². The first-order valence-electron chi connectivity index (χ1n) is 9.24. The topological polar surface area (TPSA) is 112 Å². The Kier molecular flexibility index (Phi) is 7.65. The van der Waals surface area contributed by atoms with Gasteiger partial charge in [-0.05, 0) is 50.7 Å².